The molecule has 2 nitrogen and oxygen atoms in total. The van der Waals surface area contributed by atoms with Gasteiger partial charge in [0, 0.05) is 8.47 Å². The summed E-state index contributed by atoms with van der Waals surface area (Å²) in [6, 6.07) is 5.56. The first-order chi connectivity index (χ1) is 5.69. The first-order valence-electron chi connectivity index (χ1n) is 3.15. The fourth-order valence-electron chi connectivity index (χ4n) is 0.777. The summed E-state index contributed by atoms with van der Waals surface area (Å²) in [6.07, 6.45) is 0. The molecule has 0 aliphatic heterocycles. The highest BCUT2D eigenvalue weighted by molar-refractivity contribution is 14.1. The molecule has 0 N–H and O–H groups in total. The van der Waals surface area contributed by atoms with E-state index < -0.39 is 0 Å². The van der Waals surface area contributed by atoms with Gasteiger partial charge in [-0.2, -0.15) is 5.26 Å². The van der Waals surface area contributed by atoms with Gasteiger partial charge in [0.25, 0.3) is 0 Å². The highest BCUT2D eigenvalue weighted by Gasteiger charge is 2.05. The smallest absolute Gasteiger partial charge is 0.121 e. The van der Waals surface area contributed by atoms with Crippen LogP contribution in [0.15, 0.2) is 17.0 Å². The van der Waals surface area contributed by atoms with E-state index in [0.29, 0.717) is 16.2 Å². The Labute approximate surface area is 90.1 Å². The zero-order valence-electron chi connectivity index (χ0n) is 6.34. The van der Waals surface area contributed by atoms with Gasteiger partial charge < -0.3 is 4.74 Å². The van der Waals surface area contributed by atoms with Gasteiger partial charge in [-0.15, -0.1) is 12.6 Å². The van der Waals surface area contributed by atoms with Gasteiger partial charge in [0.05, 0.1) is 12.7 Å². The summed E-state index contributed by atoms with van der Waals surface area (Å²) in [5.41, 5.74) is 0.544. The maximum Gasteiger partial charge on any atom is 0.121 e. The first-order valence-corrected chi connectivity index (χ1v) is 4.68. The average molecular weight is 291 g/mol. The Morgan fingerprint density at radius 1 is 1.58 bits per heavy atom. The van der Waals surface area contributed by atoms with Gasteiger partial charge in [-0.1, -0.05) is 0 Å². The minimum atomic E-state index is 0.544. The van der Waals surface area contributed by atoms with Crippen molar-refractivity contribution in [3.63, 3.8) is 0 Å². The topological polar surface area (TPSA) is 33.0 Å². The quantitative estimate of drug-likeness (QED) is 0.637. The van der Waals surface area contributed by atoms with Crippen molar-refractivity contribution in [1.29, 1.82) is 5.26 Å². The molecule has 0 aliphatic rings. The molecule has 0 saturated heterocycles. The van der Waals surface area contributed by atoms with Gasteiger partial charge >= 0.3 is 0 Å². The number of rotatable bonds is 1. The molecule has 0 aromatic heterocycles. The van der Waals surface area contributed by atoms with E-state index in [0.717, 1.165) is 3.57 Å². The van der Waals surface area contributed by atoms with Crippen LogP contribution in [0.2, 0.25) is 0 Å². The van der Waals surface area contributed by atoms with E-state index in [9.17, 15) is 0 Å². The summed E-state index contributed by atoms with van der Waals surface area (Å²) in [5.74, 6) is 0.689. The van der Waals surface area contributed by atoms with Crippen LogP contribution < -0.4 is 4.74 Å². The second-order valence-corrected chi connectivity index (χ2v) is 3.73. The highest BCUT2D eigenvalue weighted by Crippen LogP contribution is 2.26. The van der Waals surface area contributed by atoms with E-state index in [1.54, 1.807) is 13.2 Å². The van der Waals surface area contributed by atoms with Crippen LogP contribution in [0.25, 0.3) is 0 Å². The van der Waals surface area contributed by atoms with Crippen molar-refractivity contribution in [2.24, 2.45) is 0 Å². The molecule has 0 bridgehead atoms. The summed E-state index contributed by atoms with van der Waals surface area (Å²) >= 11 is 6.31. The summed E-state index contributed by atoms with van der Waals surface area (Å²) in [4.78, 5) is 0.707. The fraction of sp³-hybridized carbons (Fsp3) is 0.125. The van der Waals surface area contributed by atoms with Crippen molar-refractivity contribution in [3.05, 3.63) is 21.3 Å². The SMILES string of the molecule is COc1cc(I)c(S)c(C#N)c1. The molecular formula is C8H6INOS. The van der Waals surface area contributed by atoms with E-state index in [2.05, 4.69) is 35.2 Å². The summed E-state index contributed by atoms with van der Waals surface area (Å²) in [6.45, 7) is 0. The number of ether oxygens (including phenoxy) is 1. The van der Waals surface area contributed by atoms with E-state index >= 15 is 0 Å². The lowest BCUT2D eigenvalue weighted by atomic mass is 10.2. The van der Waals surface area contributed by atoms with Gasteiger partial charge in [-0.3, -0.25) is 0 Å². The maximum atomic E-state index is 8.71. The van der Waals surface area contributed by atoms with Crippen LogP contribution >= 0.6 is 35.2 Å². The van der Waals surface area contributed by atoms with Crippen molar-refractivity contribution in [2.45, 2.75) is 4.90 Å². The lowest BCUT2D eigenvalue weighted by Crippen LogP contribution is -1.88. The molecule has 12 heavy (non-hydrogen) atoms. The summed E-state index contributed by atoms with van der Waals surface area (Å²) in [5, 5.41) is 8.71. The number of halogens is 1. The molecule has 0 heterocycles. The van der Waals surface area contributed by atoms with Crippen LogP contribution in [0.3, 0.4) is 0 Å². The molecule has 0 spiro atoms. The van der Waals surface area contributed by atoms with Crippen LogP contribution in [0.4, 0.5) is 0 Å². The highest BCUT2D eigenvalue weighted by atomic mass is 127. The molecule has 0 amide bonds. The third-order valence-electron chi connectivity index (χ3n) is 1.39. The molecule has 0 unspecified atom stereocenters. The van der Waals surface area contributed by atoms with Crippen molar-refractivity contribution < 1.29 is 4.74 Å². The van der Waals surface area contributed by atoms with Crippen LogP contribution in [-0.4, -0.2) is 7.11 Å². The Morgan fingerprint density at radius 2 is 2.25 bits per heavy atom. The maximum absolute atomic E-state index is 8.71. The van der Waals surface area contributed by atoms with Crippen LogP contribution in [0.5, 0.6) is 5.75 Å². The fourth-order valence-corrected chi connectivity index (χ4v) is 1.55. The zero-order chi connectivity index (χ0) is 9.14. The Bertz CT molecular complexity index is 346. The second kappa shape index (κ2) is 4.01. The van der Waals surface area contributed by atoms with Gasteiger partial charge in [-0.05, 0) is 34.7 Å². The Morgan fingerprint density at radius 3 is 2.75 bits per heavy atom. The van der Waals surface area contributed by atoms with E-state index in [1.165, 1.54) is 0 Å². The molecule has 0 aliphatic carbocycles. The standard InChI is InChI=1S/C8H6INOS/c1-11-6-2-5(4-10)8(12)7(9)3-6/h2-3,12H,1H3. The molecule has 0 fully saturated rings. The minimum Gasteiger partial charge on any atom is -0.497 e. The summed E-state index contributed by atoms with van der Waals surface area (Å²) in [7, 11) is 1.57. The Hall–Kier alpha value is -0.410. The molecule has 1 rings (SSSR count). The normalized spacial score (nSPS) is 9.17. The number of thiol groups is 1. The number of hydrogen-bond acceptors (Lipinski definition) is 3. The van der Waals surface area contributed by atoms with Gasteiger partial charge in [-0.25, -0.2) is 0 Å². The Balaban J connectivity index is 3.31. The third kappa shape index (κ3) is 1.84. The van der Waals surface area contributed by atoms with Crippen LogP contribution in [-0.2, 0) is 0 Å². The largest absolute Gasteiger partial charge is 0.497 e. The molecule has 0 atom stereocenters. The van der Waals surface area contributed by atoms with Crippen molar-refractivity contribution in [3.8, 4) is 11.8 Å². The van der Waals surface area contributed by atoms with Crippen molar-refractivity contribution in [1.82, 2.24) is 0 Å². The minimum absolute atomic E-state index is 0.544. The number of hydrogen-bond donors (Lipinski definition) is 1. The number of methoxy groups -OCH3 is 1. The van der Waals surface area contributed by atoms with Gasteiger partial charge in [0.2, 0.25) is 0 Å². The molecule has 1 aromatic carbocycles. The molecule has 4 heteroatoms. The van der Waals surface area contributed by atoms with E-state index in [4.69, 9.17) is 10.00 Å². The van der Waals surface area contributed by atoms with Crippen LogP contribution in [0, 0.1) is 14.9 Å². The molecule has 0 saturated carbocycles. The van der Waals surface area contributed by atoms with Crippen molar-refractivity contribution in [2.75, 3.05) is 7.11 Å². The number of benzene rings is 1. The van der Waals surface area contributed by atoms with Gasteiger partial charge in [0.15, 0.2) is 0 Å². The second-order valence-electron chi connectivity index (χ2n) is 2.12. The van der Waals surface area contributed by atoms with Gasteiger partial charge in [0.1, 0.15) is 11.8 Å². The number of nitrogens with zero attached hydrogens (tertiary/aromatic N) is 1. The Kier molecular flexibility index (Phi) is 3.23. The molecular weight excluding hydrogens is 285 g/mol. The first kappa shape index (κ1) is 9.68. The monoisotopic (exact) mass is 291 g/mol. The van der Waals surface area contributed by atoms with E-state index in [1.807, 2.05) is 12.1 Å². The molecule has 1 aromatic rings. The predicted molar refractivity (Wildman–Crippen MR) is 57.7 cm³/mol. The van der Waals surface area contributed by atoms with E-state index in [-0.39, 0.29) is 0 Å². The lowest BCUT2D eigenvalue weighted by Gasteiger charge is -2.03. The molecule has 0 radical (unpaired) electrons. The zero-order valence-corrected chi connectivity index (χ0v) is 9.39. The third-order valence-corrected chi connectivity index (χ3v) is 3.15. The average Bonchev–Trinajstić information content (AvgIpc) is 2.09. The lowest BCUT2D eigenvalue weighted by molar-refractivity contribution is 0.414. The van der Waals surface area contributed by atoms with Crippen LogP contribution in [0.1, 0.15) is 5.56 Å². The molecule has 62 valence electrons. The van der Waals surface area contributed by atoms with Crippen molar-refractivity contribution >= 4 is 35.2 Å². The predicted octanol–water partition coefficient (Wildman–Crippen LogP) is 2.46. The summed E-state index contributed by atoms with van der Waals surface area (Å²) < 4.78 is 5.93. The number of nitriles is 1.